The zero-order valence-electron chi connectivity index (χ0n) is 14.7. The van der Waals surface area contributed by atoms with Crippen LogP contribution >= 0.6 is 0 Å². The standard InChI is InChI=1S/C19H23N3O3/c1-4-22(5-2)15-12-10-14(11-13-15)20-19(24)21-17-9-7-6-8-16(17)18(23)25-3/h6-13H,4-5H2,1-3H3,(H2,20,21,24). The maximum Gasteiger partial charge on any atom is 0.339 e. The van der Waals surface area contributed by atoms with Crippen LogP contribution in [0.2, 0.25) is 0 Å². The lowest BCUT2D eigenvalue weighted by Crippen LogP contribution is -2.22. The Morgan fingerprint density at radius 3 is 2.20 bits per heavy atom. The smallest absolute Gasteiger partial charge is 0.339 e. The number of urea groups is 1. The lowest BCUT2D eigenvalue weighted by Gasteiger charge is -2.21. The van der Waals surface area contributed by atoms with E-state index < -0.39 is 12.0 Å². The SMILES string of the molecule is CCN(CC)c1ccc(NC(=O)Nc2ccccc2C(=O)OC)cc1. The number of amides is 2. The Labute approximate surface area is 147 Å². The zero-order chi connectivity index (χ0) is 18.2. The van der Waals surface area contributed by atoms with Gasteiger partial charge in [-0.05, 0) is 50.2 Å². The number of esters is 1. The van der Waals surface area contributed by atoms with Crippen molar-refractivity contribution in [3.8, 4) is 0 Å². The summed E-state index contributed by atoms with van der Waals surface area (Å²) >= 11 is 0. The number of rotatable bonds is 6. The number of carbonyl (C=O) groups excluding carboxylic acids is 2. The molecule has 0 radical (unpaired) electrons. The minimum absolute atomic E-state index is 0.303. The molecule has 0 bridgehead atoms. The summed E-state index contributed by atoms with van der Waals surface area (Å²) in [6, 6.07) is 13.9. The van der Waals surface area contributed by atoms with Crippen molar-refractivity contribution < 1.29 is 14.3 Å². The molecule has 0 aliphatic carbocycles. The highest BCUT2D eigenvalue weighted by Crippen LogP contribution is 2.19. The van der Waals surface area contributed by atoms with E-state index in [2.05, 4.69) is 29.4 Å². The third-order valence-corrected chi connectivity index (χ3v) is 3.83. The number of para-hydroxylation sites is 1. The summed E-state index contributed by atoms with van der Waals surface area (Å²) in [4.78, 5) is 26.1. The number of benzene rings is 2. The van der Waals surface area contributed by atoms with E-state index in [-0.39, 0.29) is 0 Å². The summed E-state index contributed by atoms with van der Waals surface area (Å²) in [5, 5.41) is 5.43. The van der Waals surface area contributed by atoms with Crippen LogP contribution in [-0.2, 0) is 4.74 Å². The second kappa shape index (κ2) is 8.73. The summed E-state index contributed by atoms with van der Waals surface area (Å²) in [6.07, 6.45) is 0. The first-order chi connectivity index (χ1) is 12.1. The van der Waals surface area contributed by atoms with Gasteiger partial charge in [-0.3, -0.25) is 0 Å². The molecule has 132 valence electrons. The molecule has 2 aromatic rings. The van der Waals surface area contributed by atoms with Crippen LogP contribution in [0.5, 0.6) is 0 Å². The molecule has 2 N–H and O–H groups in total. The van der Waals surface area contributed by atoms with Gasteiger partial charge in [0.2, 0.25) is 0 Å². The van der Waals surface area contributed by atoms with Crippen molar-refractivity contribution in [2.45, 2.75) is 13.8 Å². The van der Waals surface area contributed by atoms with Crippen molar-refractivity contribution in [3.05, 3.63) is 54.1 Å². The van der Waals surface area contributed by atoms with Crippen molar-refractivity contribution in [2.75, 3.05) is 35.7 Å². The van der Waals surface area contributed by atoms with E-state index in [1.165, 1.54) is 7.11 Å². The van der Waals surface area contributed by atoms with Gasteiger partial charge in [-0.2, -0.15) is 0 Å². The molecule has 2 rings (SSSR count). The van der Waals surface area contributed by atoms with E-state index in [1.54, 1.807) is 24.3 Å². The van der Waals surface area contributed by atoms with Crippen LogP contribution in [0.4, 0.5) is 21.9 Å². The number of anilines is 3. The van der Waals surface area contributed by atoms with Crippen molar-refractivity contribution in [1.82, 2.24) is 0 Å². The van der Waals surface area contributed by atoms with E-state index in [4.69, 9.17) is 4.74 Å². The van der Waals surface area contributed by atoms with Crippen LogP contribution in [0, 0.1) is 0 Å². The first kappa shape index (κ1) is 18.3. The average molecular weight is 341 g/mol. The predicted octanol–water partition coefficient (Wildman–Crippen LogP) is 3.96. The fraction of sp³-hybridized carbons (Fsp3) is 0.263. The molecule has 2 amide bonds. The number of nitrogens with zero attached hydrogens (tertiary/aromatic N) is 1. The minimum atomic E-state index is -0.500. The van der Waals surface area contributed by atoms with Gasteiger partial charge in [0.15, 0.2) is 0 Å². The van der Waals surface area contributed by atoms with Crippen LogP contribution < -0.4 is 15.5 Å². The number of carbonyl (C=O) groups is 2. The number of nitrogens with one attached hydrogen (secondary N) is 2. The van der Waals surface area contributed by atoms with Gasteiger partial charge < -0.3 is 20.3 Å². The molecule has 0 atom stereocenters. The maximum absolute atomic E-state index is 12.2. The minimum Gasteiger partial charge on any atom is -0.465 e. The van der Waals surface area contributed by atoms with Gasteiger partial charge in [0.05, 0.1) is 18.4 Å². The number of hydrogen-bond donors (Lipinski definition) is 2. The molecule has 0 unspecified atom stereocenters. The van der Waals surface area contributed by atoms with Crippen molar-refractivity contribution >= 4 is 29.1 Å². The van der Waals surface area contributed by atoms with E-state index >= 15 is 0 Å². The van der Waals surface area contributed by atoms with E-state index in [9.17, 15) is 9.59 Å². The van der Waals surface area contributed by atoms with E-state index in [1.807, 2.05) is 24.3 Å². The number of ether oxygens (including phenoxy) is 1. The Bertz CT molecular complexity index is 725. The molecule has 0 spiro atoms. The van der Waals surface area contributed by atoms with Gasteiger partial charge in [0.1, 0.15) is 0 Å². The van der Waals surface area contributed by atoms with Gasteiger partial charge >= 0.3 is 12.0 Å². The Morgan fingerprint density at radius 2 is 1.60 bits per heavy atom. The van der Waals surface area contributed by atoms with E-state index in [0.717, 1.165) is 18.8 Å². The van der Waals surface area contributed by atoms with Crippen molar-refractivity contribution in [3.63, 3.8) is 0 Å². The topological polar surface area (TPSA) is 70.7 Å². The largest absolute Gasteiger partial charge is 0.465 e. The van der Waals surface area contributed by atoms with Crippen LogP contribution in [-0.4, -0.2) is 32.2 Å². The molecular formula is C19H23N3O3. The molecule has 0 saturated carbocycles. The fourth-order valence-corrected chi connectivity index (χ4v) is 2.51. The second-order valence-electron chi connectivity index (χ2n) is 5.34. The lowest BCUT2D eigenvalue weighted by molar-refractivity contribution is 0.0602. The Kier molecular flexibility index (Phi) is 6.39. The third kappa shape index (κ3) is 4.73. The van der Waals surface area contributed by atoms with Gasteiger partial charge in [-0.25, -0.2) is 9.59 Å². The highest BCUT2D eigenvalue weighted by Gasteiger charge is 2.13. The second-order valence-corrected chi connectivity index (χ2v) is 5.34. The molecule has 0 saturated heterocycles. The molecule has 0 aliphatic heterocycles. The molecule has 25 heavy (non-hydrogen) atoms. The highest BCUT2D eigenvalue weighted by molar-refractivity contribution is 6.05. The summed E-state index contributed by atoms with van der Waals surface area (Å²) in [6.45, 7) is 6.05. The summed E-state index contributed by atoms with van der Waals surface area (Å²) < 4.78 is 4.72. The van der Waals surface area contributed by atoms with Gasteiger partial charge in [-0.15, -0.1) is 0 Å². The molecular weight excluding hydrogens is 318 g/mol. The first-order valence-corrected chi connectivity index (χ1v) is 8.19. The summed E-state index contributed by atoms with van der Waals surface area (Å²) in [5.41, 5.74) is 2.47. The third-order valence-electron chi connectivity index (χ3n) is 3.83. The maximum atomic E-state index is 12.2. The lowest BCUT2D eigenvalue weighted by atomic mass is 10.2. The van der Waals surface area contributed by atoms with Crippen LogP contribution in [0.25, 0.3) is 0 Å². The molecule has 6 nitrogen and oxygen atoms in total. The Morgan fingerprint density at radius 1 is 0.960 bits per heavy atom. The van der Waals surface area contributed by atoms with Gasteiger partial charge in [0, 0.05) is 24.5 Å². The van der Waals surface area contributed by atoms with E-state index in [0.29, 0.717) is 16.9 Å². The van der Waals surface area contributed by atoms with Gasteiger partial charge in [-0.1, -0.05) is 12.1 Å². The Balaban J connectivity index is 2.05. The predicted molar refractivity (Wildman–Crippen MR) is 100 cm³/mol. The fourth-order valence-electron chi connectivity index (χ4n) is 2.51. The Hall–Kier alpha value is -3.02. The summed E-state index contributed by atoms with van der Waals surface area (Å²) in [7, 11) is 1.30. The first-order valence-electron chi connectivity index (χ1n) is 8.19. The molecule has 0 heterocycles. The number of methoxy groups -OCH3 is 1. The normalized spacial score (nSPS) is 10.0. The van der Waals surface area contributed by atoms with Crippen LogP contribution in [0.3, 0.4) is 0 Å². The number of hydrogen-bond acceptors (Lipinski definition) is 4. The average Bonchev–Trinajstić information content (AvgIpc) is 2.64. The van der Waals surface area contributed by atoms with Crippen LogP contribution in [0.1, 0.15) is 24.2 Å². The monoisotopic (exact) mass is 341 g/mol. The molecule has 0 fully saturated rings. The summed E-state index contributed by atoms with van der Waals surface area (Å²) in [5.74, 6) is -0.500. The molecule has 6 heteroatoms. The van der Waals surface area contributed by atoms with Crippen LogP contribution in [0.15, 0.2) is 48.5 Å². The van der Waals surface area contributed by atoms with Gasteiger partial charge in [0.25, 0.3) is 0 Å². The molecule has 2 aromatic carbocycles. The quantitative estimate of drug-likeness (QED) is 0.780. The van der Waals surface area contributed by atoms with Crippen molar-refractivity contribution in [2.24, 2.45) is 0 Å². The highest BCUT2D eigenvalue weighted by atomic mass is 16.5. The molecule has 0 aromatic heterocycles. The molecule has 0 aliphatic rings. The zero-order valence-corrected chi connectivity index (χ0v) is 14.7. The van der Waals surface area contributed by atoms with Crippen molar-refractivity contribution in [1.29, 1.82) is 0 Å².